The Balaban J connectivity index is 1.48. The number of carbonyl (C=O) groups excluding carboxylic acids is 2. The van der Waals surface area contributed by atoms with Gasteiger partial charge >= 0.3 is 5.97 Å². The highest BCUT2D eigenvalue weighted by atomic mass is 32.1. The number of amides is 1. The molecule has 6 heteroatoms. The molecule has 1 aromatic heterocycles. The third-order valence-electron chi connectivity index (χ3n) is 3.88. The van der Waals surface area contributed by atoms with Crippen molar-refractivity contribution >= 4 is 23.2 Å². The summed E-state index contributed by atoms with van der Waals surface area (Å²) >= 11 is 1.72. The van der Waals surface area contributed by atoms with Gasteiger partial charge in [-0.05, 0) is 42.5 Å². The van der Waals surface area contributed by atoms with Gasteiger partial charge in [0.15, 0.2) is 12.7 Å². The monoisotopic (exact) mass is 345 g/mol. The van der Waals surface area contributed by atoms with Gasteiger partial charge in [-0.3, -0.25) is 4.79 Å². The number of hydrogen-bond acceptors (Lipinski definition) is 5. The maximum Gasteiger partial charge on any atom is 0.344 e. The molecule has 24 heavy (non-hydrogen) atoms. The van der Waals surface area contributed by atoms with E-state index in [2.05, 4.69) is 0 Å². The molecule has 0 bridgehead atoms. The number of fused-ring (bicyclic) bond motifs is 1. The van der Waals surface area contributed by atoms with Crippen molar-refractivity contribution in [1.82, 2.24) is 4.90 Å². The Kier molecular flexibility index (Phi) is 5.15. The zero-order chi connectivity index (χ0) is 16.9. The Morgan fingerprint density at radius 2 is 2.04 bits per heavy atom. The molecule has 2 aromatic rings. The summed E-state index contributed by atoms with van der Waals surface area (Å²) in [6.45, 7) is 2.64. The summed E-state index contributed by atoms with van der Waals surface area (Å²) in [6.07, 6.45) is 0.0494. The van der Waals surface area contributed by atoms with Crippen molar-refractivity contribution < 1.29 is 19.1 Å². The molecule has 2 heterocycles. The highest BCUT2D eigenvalue weighted by Crippen LogP contribution is 2.24. The van der Waals surface area contributed by atoms with Crippen LogP contribution in [0.5, 0.6) is 5.75 Å². The SMILES string of the molecule is CC(OC(=O)COc1ccccc1)C(=O)N1CCc2sccc2C1. The third kappa shape index (κ3) is 3.94. The molecule has 3 rings (SSSR count). The lowest BCUT2D eigenvalue weighted by atomic mass is 10.1. The Hall–Kier alpha value is -2.34. The third-order valence-corrected chi connectivity index (χ3v) is 4.90. The van der Waals surface area contributed by atoms with Crippen LogP contribution < -0.4 is 4.74 Å². The normalized spacial score (nSPS) is 14.6. The molecule has 0 aliphatic carbocycles. The summed E-state index contributed by atoms with van der Waals surface area (Å²) in [6, 6.07) is 11.1. The fraction of sp³-hybridized carbons (Fsp3) is 0.333. The van der Waals surface area contributed by atoms with E-state index in [1.165, 1.54) is 10.4 Å². The molecule has 1 aromatic carbocycles. The van der Waals surface area contributed by atoms with Gasteiger partial charge in [0.1, 0.15) is 5.75 Å². The van der Waals surface area contributed by atoms with Crippen molar-refractivity contribution in [2.75, 3.05) is 13.2 Å². The molecule has 0 radical (unpaired) electrons. The second-order valence-corrected chi connectivity index (χ2v) is 6.61. The molecule has 1 atom stereocenters. The molecule has 1 aliphatic heterocycles. The van der Waals surface area contributed by atoms with E-state index in [1.807, 2.05) is 29.6 Å². The van der Waals surface area contributed by atoms with E-state index in [0.29, 0.717) is 18.8 Å². The molecule has 0 spiro atoms. The molecule has 1 aliphatic rings. The summed E-state index contributed by atoms with van der Waals surface area (Å²) in [5.41, 5.74) is 1.19. The smallest absolute Gasteiger partial charge is 0.344 e. The van der Waals surface area contributed by atoms with Crippen molar-refractivity contribution in [2.24, 2.45) is 0 Å². The van der Waals surface area contributed by atoms with Gasteiger partial charge in [0.2, 0.25) is 0 Å². The zero-order valence-corrected chi connectivity index (χ0v) is 14.3. The Bertz CT molecular complexity index is 713. The maximum atomic E-state index is 12.5. The van der Waals surface area contributed by atoms with Crippen molar-refractivity contribution in [1.29, 1.82) is 0 Å². The average Bonchev–Trinajstić information content (AvgIpc) is 3.07. The second kappa shape index (κ2) is 7.49. The van der Waals surface area contributed by atoms with Crippen molar-refractivity contribution in [3.63, 3.8) is 0 Å². The van der Waals surface area contributed by atoms with Gasteiger partial charge in [-0.2, -0.15) is 0 Å². The van der Waals surface area contributed by atoms with Gasteiger partial charge in [-0.1, -0.05) is 18.2 Å². The first-order valence-corrected chi connectivity index (χ1v) is 8.73. The lowest BCUT2D eigenvalue weighted by molar-refractivity contribution is -0.161. The Morgan fingerprint density at radius 3 is 2.83 bits per heavy atom. The van der Waals surface area contributed by atoms with Gasteiger partial charge in [-0.25, -0.2) is 4.79 Å². The molecular weight excluding hydrogens is 326 g/mol. The lowest BCUT2D eigenvalue weighted by Crippen LogP contribution is -2.42. The fourth-order valence-electron chi connectivity index (χ4n) is 2.63. The lowest BCUT2D eigenvalue weighted by Gasteiger charge is -2.29. The highest BCUT2D eigenvalue weighted by molar-refractivity contribution is 7.10. The molecule has 0 saturated heterocycles. The van der Waals surface area contributed by atoms with Crippen LogP contribution >= 0.6 is 11.3 Å². The highest BCUT2D eigenvalue weighted by Gasteiger charge is 2.27. The number of para-hydroxylation sites is 1. The number of carbonyl (C=O) groups is 2. The first kappa shape index (κ1) is 16.5. The maximum absolute atomic E-state index is 12.5. The standard InChI is InChI=1S/C18H19NO4S/c1-13(23-17(20)12-22-15-5-3-2-4-6-15)18(21)19-9-7-16-14(11-19)8-10-24-16/h2-6,8,10,13H,7,9,11-12H2,1H3. The summed E-state index contributed by atoms with van der Waals surface area (Å²) in [4.78, 5) is 27.4. The van der Waals surface area contributed by atoms with Crippen molar-refractivity contribution in [2.45, 2.75) is 26.0 Å². The van der Waals surface area contributed by atoms with Gasteiger partial charge < -0.3 is 14.4 Å². The average molecular weight is 345 g/mol. The van der Waals surface area contributed by atoms with Crippen LogP contribution in [-0.4, -0.2) is 36.0 Å². The summed E-state index contributed by atoms with van der Waals surface area (Å²) in [7, 11) is 0. The summed E-state index contributed by atoms with van der Waals surface area (Å²) in [5.74, 6) is -0.123. The van der Waals surface area contributed by atoms with Gasteiger partial charge in [0, 0.05) is 18.0 Å². The van der Waals surface area contributed by atoms with E-state index in [9.17, 15) is 9.59 Å². The van der Waals surface area contributed by atoms with Gasteiger partial charge in [-0.15, -0.1) is 11.3 Å². The Morgan fingerprint density at radius 1 is 1.25 bits per heavy atom. The molecule has 1 amide bonds. The van der Waals surface area contributed by atoms with E-state index in [0.717, 1.165) is 6.42 Å². The molecule has 0 saturated carbocycles. The minimum absolute atomic E-state index is 0.167. The minimum atomic E-state index is -0.808. The van der Waals surface area contributed by atoms with E-state index < -0.39 is 12.1 Å². The van der Waals surface area contributed by atoms with E-state index in [4.69, 9.17) is 9.47 Å². The second-order valence-electron chi connectivity index (χ2n) is 5.61. The van der Waals surface area contributed by atoms with E-state index >= 15 is 0 Å². The number of esters is 1. The summed E-state index contributed by atoms with van der Waals surface area (Å²) < 4.78 is 10.5. The van der Waals surface area contributed by atoms with Crippen molar-refractivity contribution in [3.8, 4) is 5.75 Å². The number of rotatable bonds is 5. The van der Waals surface area contributed by atoms with Crippen LogP contribution in [0.25, 0.3) is 0 Å². The van der Waals surface area contributed by atoms with Gasteiger partial charge in [0.25, 0.3) is 5.91 Å². The van der Waals surface area contributed by atoms with Crippen molar-refractivity contribution in [3.05, 3.63) is 52.2 Å². The van der Waals surface area contributed by atoms with E-state index in [1.54, 1.807) is 35.3 Å². The van der Waals surface area contributed by atoms with E-state index in [-0.39, 0.29) is 12.5 Å². The van der Waals surface area contributed by atoms with Crippen LogP contribution in [0.15, 0.2) is 41.8 Å². The van der Waals surface area contributed by atoms with Crippen LogP contribution in [0.2, 0.25) is 0 Å². The summed E-state index contributed by atoms with van der Waals surface area (Å²) in [5, 5.41) is 2.04. The number of benzene rings is 1. The first-order valence-electron chi connectivity index (χ1n) is 7.85. The molecule has 5 nitrogen and oxygen atoms in total. The number of thiophene rings is 1. The Labute approximate surface area is 144 Å². The van der Waals surface area contributed by atoms with Crippen LogP contribution in [0, 0.1) is 0 Å². The predicted molar refractivity (Wildman–Crippen MR) is 90.9 cm³/mol. The zero-order valence-electron chi connectivity index (χ0n) is 13.4. The number of ether oxygens (including phenoxy) is 2. The molecule has 126 valence electrons. The van der Waals surface area contributed by atoms with Gasteiger partial charge in [0.05, 0.1) is 0 Å². The van der Waals surface area contributed by atoms with Crippen LogP contribution in [0.4, 0.5) is 0 Å². The molecule has 0 fully saturated rings. The first-order chi connectivity index (χ1) is 11.6. The molecular formula is C18H19NO4S. The number of nitrogens with zero attached hydrogens (tertiary/aromatic N) is 1. The minimum Gasteiger partial charge on any atom is -0.482 e. The van der Waals surface area contributed by atoms with Crippen LogP contribution in [0.1, 0.15) is 17.4 Å². The van der Waals surface area contributed by atoms with Crippen LogP contribution in [-0.2, 0) is 27.3 Å². The largest absolute Gasteiger partial charge is 0.482 e. The van der Waals surface area contributed by atoms with Crippen LogP contribution in [0.3, 0.4) is 0 Å². The molecule has 0 N–H and O–H groups in total. The number of hydrogen-bond donors (Lipinski definition) is 0. The fourth-order valence-corrected chi connectivity index (χ4v) is 3.52. The topological polar surface area (TPSA) is 55.8 Å². The molecule has 1 unspecified atom stereocenters. The predicted octanol–water partition coefficient (Wildman–Crippen LogP) is 2.64. The quantitative estimate of drug-likeness (QED) is 0.782.